The van der Waals surface area contributed by atoms with Crippen molar-refractivity contribution >= 4 is 25.9 Å². The Morgan fingerprint density at radius 2 is 2.13 bits per heavy atom. The quantitative estimate of drug-likeness (QED) is 0.740. The zero-order valence-corrected chi connectivity index (χ0v) is 9.31. The molecular weight excluding hydrogens is 238 g/mol. The third kappa shape index (κ3) is 1.80. The molecule has 1 aliphatic rings. The maximum absolute atomic E-state index is 11.2. The van der Waals surface area contributed by atoms with E-state index in [1.807, 2.05) is 0 Å². The molecule has 0 aliphatic carbocycles. The number of carbonyl (C=O) groups is 1. The number of rotatable bonds is 1. The Labute approximate surface area is 90.1 Å². The summed E-state index contributed by atoms with van der Waals surface area (Å²) in [6.45, 7) is 1.78. The maximum Gasteiger partial charge on any atom is 0.370 e. The van der Waals surface area contributed by atoms with E-state index in [0.717, 1.165) is 5.56 Å². The van der Waals surface area contributed by atoms with Crippen molar-refractivity contribution in [1.29, 1.82) is 0 Å². The topological polar surface area (TPSA) is 86.5 Å². The highest BCUT2D eigenvalue weighted by molar-refractivity contribution is 8.70. The number of hydrogen-bond acceptors (Lipinski definition) is 5. The van der Waals surface area contributed by atoms with Crippen LogP contribution in [0.2, 0.25) is 0 Å². The Kier molecular flexibility index (Phi) is 2.16. The molecule has 1 aromatic carbocycles. The lowest BCUT2D eigenvalue weighted by molar-refractivity contribution is 0.0996. The second-order valence-corrected chi connectivity index (χ2v) is 6.39. The fraction of sp³-hybridized carbons (Fsp3) is 0.125. The highest BCUT2D eigenvalue weighted by Crippen LogP contribution is 2.41. The Hall–Kier alpha value is -1.21. The SMILES string of the molecule is Cc1cc2c(C(N)=O)c(c1)SS(=O)(=O)O2. The second-order valence-electron chi connectivity index (χ2n) is 3.08. The van der Waals surface area contributed by atoms with Crippen LogP contribution in [0.3, 0.4) is 0 Å². The van der Waals surface area contributed by atoms with Gasteiger partial charge in [0.2, 0.25) is 0 Å². The molecule has 1 heterocycles. The fourth-order valence-corrected chi connectivity index (χ4v) is 3.83. The van der Waals surface area contributed by atoms with Crippen LogP contribution in [0.15, 0.2) is 17.0 Å². The van der Waals surface area contributed by atoms with E-state index in [1.165, 1.54) is 6.07 Å². The first-order valence-corrected chi connectivity index (χ1v) is 6.71. The zero-order chi connectivity index (χ0) is 11.2. The standard InChI is InChI=1S/C8H7NO4S2/c1-4-2-5-7(8(9)10)6(3-4)14-15(11,12)13-5/h2-3H,1H3,(H2,9,10). The summed E-state index contributed by atoms with van der Waals surface area (Å²) < 4.78 is 27.1. The predicted molar refractivity (Wildman–Crippen MR) is 55.1 cm³/mol. The lowest BCUT2D eigenvalue weighted by Gasteiger charge is -2.18. The first kappa shape index (κ1) is 10.3. The third-order valence-electron chi connectivity index (χ3n) is 1.84. The predicted octanol–water partition coefficient (Wildman–Crippen LogP) is 0.823. The van der Waals surface area contributed by atoms with E-state index in [2.05, 4.69) is 4.18 Å². The van der Waals surface area contributed by atoms with Gasteiger partial charge in [0, 0.05) is 15.7 Å². The Balaban J connectivity index is 2.72. The van der Waals surface area contributed by atoms with Crippen molar-refractivity contribution in [2.75, 3.05) is 0 Å². The van der Waals surface area contributed by atoms with Gasteiger partial charge in [0.1, 0.15) is 0 Å². The van der Waals surface area contributed by atoms with Crippen LogP contribution in [-0.2, 0) is 9.15 Å². The number of primary amides is 1. The summed E-state index contributed by atoms with van der Waals surface area (Å²) in [5.74, 6) is -0.682. The summed E-state index contributed by atoms with van der Waals surface area (Å²) >= 11 is 0. The Bertz CT molecular complexity index is 517. The minimum atomic E-state index is -3.69. The van der Waals surface area contributed by atoms with Gasteiger partial charge in [-0.1, -0.05) is 0 Å². The molecule has 0 saturated carbocycles. The summed E-state index contributed by atoms with van der Waals surface area (Å²) in [5.41, 5.74) is 6.07. The van der Waals surface area contributed by atoms with Gasteiger partial charge in [-0.15, -0.1) is 0 Å². The number of amides is 1. The number of benzene rings is 1. The first-order chi connectivity index (χ1) is 6.89. The van der Waals surface area contributed by atoms with Gasteiger partial charge in [-0.3, -0.25) is 4.79 Å². The number of nitrogens with two attached hydrogens (primary N) is 1. The van der Waals surface area contributed by atoms with Gasteiger partial charge in [-0.2, -0.15) is 8.42 Å². The van der Waals surface area contributed by atoms with Crippen LogP contribution < -0.4 is 9.92 Å². The van der Waals surface area contributed by atoms with E-state index < -0.39 is 15.1 Å². The van der Waals surface area contributed by atoms with Gasteiger partial charge in [-0.05, 0) is 24.6 Å². The van der Waals surface area contributed by atoms with Crippen LogP contribution in [0, 0.1) is 6.92 Å². The molecule has 2 rings (SSSR count). The molecule has 1 aromatic rings. The van der Waals surface area contributed by atoms with Crippen molar-refractivity contribution in [3.63, 3.8) is 0 Å². The molecule has 7 heteroatoms. The summed E-state index contributed by atoms with van der Waals surface area (Å²) in [6.07, 6.45) is 0. The molecule has 5 nitrogen and oxygen atoms in total. The van der Waals surface area contributed by atoms with Crippen LogP contribution in [-0.4, -0.2) is 14.3 Å². The van der Waals surface area contributed by atoms with Crippen LogP contribution in [0.25, 0.3) is 0 Å². The lowest BCUT2D eigenvalue weighted by atomic mass is 10.1. The van der Waals surface area contributed by atoms with Gasteiger partial charge in [0.15, 0.2) is 5.75 Å². The second kappa shape index (κ2) is 3.14. The molecule has 1 aliphatic heterocycles. The van der Waals surface area contributed by atoms with E-state index >= 15 is 0 Å². The number of fused-ring (bicyclic) bond motifs is 2. The molecule has 1 amide bonds. The molecule has 0 aromatic heterocycles. The molecular formula is C8H7NO4S2. The van der Waals surface area contributed by atoms with Gasteiger partial charge in [0.05, 0.1) is 5.56 Å². The largest absolute Gasteiger partial charge is 0.373 e. The van der Waals surface area contributed by atoms with E-state index in [1.54, 1.807) is 13.0 Å². The van der Waals surface area contributed by atoms with Crippen LogP contribution in [0.5, 0.6) is 5.75 Å². The van der Waals surface area contributed by atoms with E-state index in [9.17, 15) is 13.2 Å². The monoisotopic (exact) mass is 245 g/mol. The van der Waals surface area contributed by atoms with Crippen molar-refractivity contribution in [3.05, 3.63) is 23.3 Å². The van der Waals surface area contributed by atoms with Crippen LogP contribution >= 0.6 is 10.8 Å². The van der Waals surface area contributed by atoms with Crippen molar-refractivity contribution in [1.82, 2.24) is 0 Å². The average Bonchev–Trinajstić information content (AvgIpc) is 1.97. The van der Waals surface area contributed by atoms with Crippen LogP contribution in [0.4, 0.5) is 0 Å². The highest BCUT2D eigenvalue weighted by Gasteiger charge is 2.30. The average molecular weight is 245 g/mol. The molecule has 80 valence electrons. The normalized spacial score (nSPS) is 16.9. The molecule has 0 atom stereocenters. The smallest absolute Gasteiger partial charge is 0.370 e. The van der Waals surface area contributed by atoms with E-state index in [-0.39, 0.29) is 11.3 Å². The fourth-order valence-electron chi connectivity index (χ4n) is 1.33. The lowest BCUT2D eigenvalue weighted by Crippen LogP contribution is -2.20. The van der Waals surface area contributed by atoms with Gasteiger partial charge < -0.3 is 9.92 Å². The minimum absolute atomic E-state index is 0.0104. The highest BCUT2D eigenvalue weighted by atomic mass is 33.1. The van der Waals surface area contributed by atoms with E-state index in [0.29, 0.717) is 15.7 Å². The van der Waals surface area contributed by atoms with Crippen LogP contribution in [0.1, 0.15) is 15.9 Å². The van der Waals surface area contributed by atoms with Crippen molar-refractivity contribution in [3.8, 4) is 5.75 Å². The number of aryl methyl sites for hydroxylation is 1. The first-order valence-electron chi connectivity index (χ1n) is 3.97. The molecule has 0 unspecified atom stereocenters. The minimum Gasteiger partial charge on any atom is -0.373 e. The summed E-state index contributed by atoms with van der Waals surface area (Å²) in [5, 5.41) is 0. The maximum atomic E-state index is 11.2. The van der Waals surface area contributed by atoms with Crippen molar-refractivity contribution in [2.45, 2.75) is 11.8 Å². The summed E-state index contributed by atoms with van der Waals surface area (Å²) in [6, 6.07) is 3.06. The molecule has 0 saturated heterocycles. The summed E-state index contributed by atoms with van der Waals surface area (Å²) in [7, 11) is -3.20. The summed E-state index contributed by atoms with van der Waals surface area (Å²) in [4.78, 5) is 11.4. The van der Waals surface area contributed by atoms with Crippen molar-refractivity contribution in [2.24, 2.45) is 5.73 Å². The molecule has 2 bridgehead atoms. The third-order valence-corrected chi connectivity index (χ3v) is 4.28. The van der Waals surface area contributed by atoms with E-state index in [4.69, 9.17) is 5.73 Å². The van der Waals surface area contributed by atoms with Gasteiger partial charge >= 0.3 is 9.15 Å². The molecule has 0 fully saturated rings. The zero-order valence-electron chi connectivity index (χ0n) is 7.68. The van der Waals surface area contributed by atoms with Gasteiger partial charge in [-0.25, -0.2) is 0 Å². The van der Waals surface area contributed by atoms with Gasteiger partial charge in [0.25, 0.3) is 5.91 Å². The molecule has 2 N–H and O–H groups in total. The Morgan fingerprint density at radius 1 is 1.47 bits per heavy atom. The number of hydrogen-bond donors (Lipinski definition) is 1. The molecule has 0 spiro atoms. The molecule has 0 radical (unpaired) electrons. The number of carbonyl (C=O) groups excluding carboxylic acids is 1. The Morgan fingerprint density at radius 3 is 2.67 bits per heavy atom. The molecule has 15 heavy (non-hydrogen) atoms. The van der Waals surface area contributed by atoms with Crippen molar-refractivity contribution < 1.29 is 17.4 Å².